The van der Waals surface area contributed by atoms with Gasteiger partial charge in [-0.15, -0.1) is 0 Å². The van der Waals surface area contributed by atoms with Crippen molar-refractivity contribution < 1.29 is 37.8 Å². The molecule has 2 heterocycles. The highest BCUT2D eigenvalue weighted by Gasteiger charge is 2.46. The van der Waals surface area contributed by atoms with E-state index >= 15 is 0 Å². The van der Waals surface area contributed by atoms with E-state index in [0.717, 1.165) is 50.5 Å². The van der Waals surface area contributed by atoms with Gasteiger partial charge in [-0.25, -0.2) is 13.4 Å². The lowest BCUT2D eigenvalue weighted by Gasteiger charge is -2.35. The van der Waals surface area contributed by atoms with Crippen LogP contribution in [0.15, 0.2) is 42.9 Å². The van der Waals surface area contributed by atoms with Gasteiger partial charge in [-0.2, -0.15) is 0 Å². The number of imidazole rings is 1. The summed E-state index contributed by atoms with van der Waals surface area (Å²) >= 11 is 0. The second-order valence-electron chi connectivity index (χ2n) is 15.1. The number of amides is 3. The van der Waals surface area contributed by atoms with Crippen LogP contribution in [0, 0.1) is 17.8 Å². The van der Waals surface area contributed by atoms with Gasteiger partial charge in [0.15, 0.2) is 9.84 Å². The van der Waals surface area contributed by atoms with Crippen molar-refractivity contribution in [2.24, 2.45) is 17.8 Å². The van der Waals surface area contributed by atoms with E-state index in [4.69, 9.17) is 4.74 Å². The number of hydrogen-bond acceptors (Lipinski definition) is 9. The number of aliphatic hydroxyl groups is 2. The van der Waals surface area contributed by atoms with Gasteiger partial charge < -0.3 is 35.5 Å². The van der Waals surface area contributed by atoms with E-state index in [0.29, 0.717) is 25.3 Å². The topological polar surface area (TPSA) is 191 Å². The van der Waals surface area contributed by atoms with Gasteiger partial charge in [-0.05, 0) is 56.9 Å². The van der Waals surface area contributed by atoms with Gasteiger partial charge in [-0.3, -0.25) is 14.4 Å². The predicted molar refractivity (Wildman–Crippen MR) is 191 cm³/mol. The number of carbonyl (C=O) groups is 3. The minimum absolute atomic E-state index is 0.00803. The number of H-pyrrole nitrogens is 1. The van der Waals surface area contributed by atoms with Crippen LogP contribution >= 0.6 is 0 Å². The molecule has 14 heteroatoms. The fourth-order valence-corrected chi connectivity index (χ4v) is 8.91. The number of ether oxygens (including phenoxy) is 1. The van der Waals surface area contributed by atoms with Crippen LogP contribution in [0.4, 0.5) is 0 Å². The number of morpholine rings is 1. The first-order valence-electron chi connectivity index (χ1n) is 18.4. The van der Waals surface area contributed by atoms with E-state index in [1.807, 2.05) is 6.07 Å². The molecule has 0 radical (unpaired) electrons. The van der Waals surface area contributed by atoms with E-state index in [9.17, 15) is 33.0 Å². The van der Waals surface area contributed by atoms with Crippen molar-refractivity contribution in [3.8, 4) is 0 Å². The number of nitrogens with one attached hydrogen (secondary N) is 3. The molecule has 13 nitrogen and oxygen atoms in total. The van der Waals surface area contributed by atoms with Gasteiger partial charge in [-0.1, -0.05) is 62.4 Å². The number of rotatable bonds is 17. The third-order valence-corrected chi connectivity index (χ3v) is 13.4. The van der Waals surface area contributed by atoms with Crippen LogP contribution in [-0.4, -0.2) is 112 Å². The Morgan fingerprint density at radius 2 is 1.67 bits per heavy atom. The van der Waals surface area contributed by atoms with Gasteiger partial charge in [0.05, 0.1) is 43.4 Å². The number of aromatic amines is 1. The van der Waals surface area contributed by atoms with Crippen molar-refractivity contribution in [2.75, 3.05) is 32.1 Å². The molecule has 1 aliphatic heterocycles. The number of nitrogens with zero attached hydrogens (tertiary/aromatic N) is 2. The van der Waals surface area contributed by atoms with E-state index in [2.05, 4.69) is 20.6 Å². The number of sulfone groups is 1. The molecule has 1 aromatic carbocycles. The molecule has 51 heavy (non-hydrogen) atoms. The largest absolute Gasteiger partial charge is 0.390 e. The Hall–Kier alpha value is -3.33. The fraction of sp³-hybridized carbons (Fsp3) is 0.676. The van der Waals surface area contributed by atoms with Gasteiger partial charge in [0.25, 0.3) is 0 Å². The zero-order valence-corrected chi connectivity index (χ0v) is 30.7. The van der Waals surface area contributed by atoms with Gasteiger partial charge >= 0.3 is 0 Å². The molecule has 3 fully saturated rings. The molecular weight excluding hydrogens is 675 g/mol. The zero-order valence-electron chi connectivity index (χ0n) is 29.8. The molecule has 1 saturated heterocycles. The normalized spacial score (nSPS) is 20.5. The summed E-state index contributed by atoms with van der Waals surface area (Å²) in [7, 11) is -4.21. The monoisotopic (exact) mass is 729 g/mol. The highest BCUT2D eigenvalue weighted by Crippen LogP contribution is 2.36. The molecule has 2 saturated carbocycles. The third kappa shape index (κ3) is 10.4. The Morgan fingerprint density at radius 1 is 0.980 bits per heavy atom. The summed E-state index contributed by atoms with van der Waals surface area (Å²) in [5, 5.41) is 28.0. The van der Waals surface area contributed by atoms with Crippen LogP contribution in [0.5, 0.6) is 0 Å². The SMILES string of the molecule is CC(C)(C(=O)N1CCOCC1)S(=O)(=O)C[C@@H](Cc1ccccc1)C(=O)N[C@@H](Cc1cnc[nH]1)C(=O)N[C@@H](CC1CCCCC1)[C@@H](O)[C@@H](O)C1CC1. The molecule has 0 bridgehead atoms. The minimum Gasteiger partial charge on any atom is -0.390 e. The average Bonchev–Trinajstić information content (AvgIpc) is 3.86. The quantitative estimate of drug-likeness (QED) is 0.162. The van der Waals surface area contributed by atoms with Crippen LogP contribution in [0.3, 0.4) is 0 Å². The Bertz CT molecular complexity index is 1540. The second kappa shape index (κ2) is 17.5. The summed E-state index contributed by atoms with van der Waals surface area (Å²) in [6.07, 6.45) is 8.36. The average molecular weight is 730 g/mol. The first-order valence-corrected chi connectivity index (χ1v) is 20.1. The molecule has 5 rings (SSSR count). The maximum atomic E-state index is 14.2. The van der Waals surface area contributed by atoms with E-state index < -0.39 is 68.3 Å². The van der Waals surface area contributed by atoms with Crippen molar-refractivity contribution in [1.82, 2.24) is 25.5 Å². The summed E-state index contributed by atoms with van der Waals surface area (Å²) in [5.41, 5.74) is 1.30. The van der Waals surface area contributed by atoms with Crippen molar-refractivity contribution >= 4 is 27.6 Å². The van der Waals surface area contributed by atoms with Crippen LogP contribution in [0.25, 0.3) is 0 Å². The predicted octanol–water partition coefficient (Wildman–Crippen LogP) is 1.94. The molecule has 1 aromatic heterocycles. The van der Waals surface area contributed by atoms with Crippen LogP contribution in [-0.2, 0) is 41.8 Å². The Balaban J connectivity index is 1.38. The smallest absolute Gasteiger partial charge is 0.243 e. The van der Waals surface area contributed by atoms with Gasteiger partial charge in [0.1, 0.15) is 16.9 Å². The molecule has 5 N–H and O–H groups in total. The van der Waals surface area contributed by atoms with Crippen LogP contribution in [0.1, 0.15) is 76.5 Å². The Morgan fingerprint density at radius 3 is 2.29 bits per heavy atom. The summed E-state index contributed by atoms with van der Waals surface area (Å²) in [5.74, 6) is -3.22. The van der Waals surface area contributed by atoms with Crippen molar-refractivity contribution in [1.29, 1.82) is 0 Å². The van der Waals surface area contributed by atoms with Crippen molar-refractivity contribution in [3.05, 3.63) is 54.1 Å². The lowest BCUT2D eigenvalue weighted by Crippen LogP contribution is -2.57. The molecule has 3 amide bonds. The first kappa shape index (κ1) is 38.9. The molecule has 0 unspecified atom stereocenters. The highest BCUT2D eigenvalue weighted by atomic mass is 32.2. The lowest BCUT2D eigenvalue weighted by atomic mass is 9.82. The maximum Gasteiger partial charge on any atom is 0.243 e. The number of aliphatic hydroxyl groups excluding tert-OH is 2. The second-order valence-corrected chi connectivity index (χ2v) is 17.7. The van der Waals surface area contributed by atoms with Crippen molar-refractivity contribution in [2.45, 2.75) is 107 Å². The number of carbonyl (C=O) groups excluding carboxylic acids is 3. The summed E-state index contributed by atoms with van der Waals surface area (Å²) in [4.78, 5) is 50.4. The first-order chi connectivity index (χ1) is 24.4. The molecule has 282 valence electrons. The molecule has 2 aromatic rings. The Kier molecular flexibility index (Phi) is 13.3. The third-order valence-electron chi connectivity index (χ3n) is 10.8. The number of hydrogen-bond donors (Lipinski definition) is 5. The summed E-state index contributed by atoms with van der Waals surface area (Å²) in [6, 6.07) is 7.14. The van der Waals surface area contributed by atoms with Crippen LogP contribution in [0.2, 0.25) is 0 Å². The van der Waals surface area contributed by atoms with Gasteiger partial charge in [0, 0.05) is 31.4 Å². The maximum absolute atomic E-state index is 14.2. The minimum atomic E-state index is -4.21. The van der Waals surface area contributed by atoms with E-state index in [1.54, 1.807) is 30.5 Å². The molecule has 5 atom stereocenters. The number of aromatic nitrogens is 2. The van der Waals surface area contributed by atoms with Gasteiger partial charge in [0.2, 0.25) is 17.7 Å². The Labute approximate surface area is 301 Å². The molecule has 2 aliphatic carbocycles. The number of benzene rings is 1. The zero-order chi connectivity index (χ0) is 36.6. The molecule has 3 aliphatic rings. The van der Waals surface area contributed by atoms with Crippen molar-refractivity contribution in [3.63, 3.8) is 0 Å². The summed E-state index contributed by atoms with van der Waals surface area (Å²) in [6.45, 7) is 3.95. The molecule has 0 spiro atoms. The van der Waals surface area contributed by atoms with Crippen LogP contribution < -0.4 is 10.6 Å². The lowest BCUT2D eigenvalue weighted by molar-refractivity contribution is -0.137. The molecular formula is C37H55N5O8S. The van der Waals surface area contributed by atoms with E-state index in [1.165, 1.54) is 25.1 Å². The summed E-state index contributed by atoms with van der Waals surface area (Å²) < 4.78 is 31.6. The highest BCUT2D eigenvalue weighted by molar-refractivity contribution is 7.93. The standard InChI is InChI=1S/C37H55N5O8S/c1-37(2,36(47)42-15-17-50-18-16-42)51(48,49)23-28(19-25-9-5-3-6-10-25)34(45)41-31(21-29-22-38-24-39-29)35(46)40-30(20-26-11-7-4-8-12-26)33(44)32(43)27-13-14-27/h3,5-6,9-10,22,24,26-28,30-33,43-44H,4,7-8,11-21,23H2,1-2H3,(H,38,39)(H,40,46)(H,41,45)/t28-,30+,31+,32+,33-/m1/s1. The van der Waals surface area contributed by atoms with E-state index in [-0.39, 0.29) is 37.8 Å². The fourth-order valence-electron chi connectivity index (χ4n) is 7.30.